The summed E-state index contributed by atoms with van der Waals surface area (Å²) >= 11 is 0. The van der Waals surface area contributed by atoms with Crippen LogP contribution in [0.5, 0.6) is 0 Å². The third kappa shape index (κ3) is 4.90. The van der Waals surface area contributed by atoms with E-state index in [-0.39, 0.29) is 25.0 Å². The summed E-state index contributed by atoms with van der Waals surface area (Å²) in [6.07, 6.45) is 0.744. The third-order valence-electron chi connectivity index (χ3n) is 5.30. The van der Waals surface area contributed by atoms with Gasteiger partial charge in [0.2, 0.25) is 12.3 Å². The lowest BCUT2D eigenvalue weighted by Gasteiger charge is -2.29. The lowest BCUT2D eigenvalue weighted by atomic mass is 9.95. The number of piperidine rings is 1. The maximum atomic E-state index is 12.8. The molecule has 1 saturated carbocycles. The van der Waals surface area contributed by atoms with Gasteiger partial charge < -0.3 is 9.47 Å². The molecule has 0 aromatic heterocycles. The van der Waals surface area contributed by atoms with E-state index < -0.39 is 29.1 Å². The number of hydrazine groups is 1. The summed E-state index contributed by atoms with van der Waals surface area (Å²) in [6.45, 7) is 5.35. The average molecular weight is 417 g/mol. The van der Waals surface area contributed by atoms with Crippen molar-refractivity contribution < 1.29 is 28.7 Å². The highest BCUT2D eigenvalue weighted by molar-refractivity contribution is 5.85. The summed E-state index contributed by atoms with van der Waals surface area (Å²) in [7, 11) is 0. The van der Waals surface area contributed by atoms with Crippen LogP contribution in [0, 0.1) is 5.41 Å². The number of nitrogens with zero attached hydrogens (tertiary/aromatic N) is 1. The number of hydrogen-bond donors (Lipinski definition) is 2. The maximum absolute atomic E-state index is 12.8. The molecule has 1 aliphatic carbocycles. The fourth-order valence-electron chi connectivity index (χ4n) is 3.97. The van der Waals surface area contributed by atoms with Gasteiger partial charge >= 0.3 is 12.1 Å². The monoisotopic (exact) mass is 417 g/mol. The minimum atomic E-state index is -0.825. The lowest BCUT2D eigenvalue weighted by molar-refractivity contribution is -0.151. The van der Waals surface area contributed by atoms with Crippen molar-refractivity contribution in [2.45, 2.75) is 64.3 Å². The Bertz CT molecular complexity index is 822. The number of rotatable bonds is 7. The molecule has 1 heterocycles. The Kier molecular flexibility index (Phi) is 6.00. The van der Waals surface area contributed by atoms with Gasteiger partial charge in [-0.2, -0.15) is 0 Å². The maximum Gasteiger partial charge on any atom is 0.411 e. The first-order valence-corrected chi connectivity index (χ1v) is 9.85. The molecule has 3 amide bonds. The number of hydrogen-bond acceptors (Lipinski definition) is 6. The van der Waals surface area contributed by atoms with Crippen LogP contribution >= 0.6 is 0 Å². The van der Waals surface area contributed by atoms with Gasteiger partial charge in [-0.15, -0.1) is 0 Å². The van der Waals surface area contributed by atoms with Crippen molar-refractivity contribution in [3.8, 4) is 0 Å². The Morgan fingerprint density at radius 3 is 2.53 bits per heavy atom. The molecular formula is C21H27N3O6. The number of esters is 1. The Morgan fingerprint density at radius 1 is 1.20 bits per heavy atom. The number of carbonyl (C=O) groups is 4. The van der Waals surface area contributed by atoms with Crippen molar-refractivity contribution in [3.63, 3.8) is 0 Å². The molecular weight excluding hydrogens is 390 g/mol. The molecule has 3 atom stereocenters. The molecule has 1 aliphatic heterocycles. The van der Waals surface area contributed by atoms with Crippen molar-refractivity contribution in [2.75, 3.05) is 0 Å². The van der Waals surface area contributed by atoms with Crippen LogP contribution in [-0.2, 0) is 30.5 Å². The number of ether oxygens (including phenoxy) is 2. The number of nitrogens with one attached hydrogen (secondary N) is 2. The molecule has 30 heavy (non-hydrogen) atoms. The molecule has 9 nitrogen and oxygen atoms in total. The van der Waals surface area contributed by atoms with Crippen LogP contribution in [0.2, 0.25) is 0 Å². The quantitative estimate of drug-likeness (QED) is 0.396. The summed E-state index contributed by atoms with van der Waals surface area (Å²) in [5.41, 5.74) is 3.99. The van der Waals surface area contributed by atoms with Gasteiger partial charge in [-0.25, -0.2) is 9.59 Å². The van der Waals surface area contributed by atoms with E-state index in [4.69, 9.17) is 9.47 Å². The first-order chi connectivity index (χ1) is 14.1. The number of carbonyl (C=O) groups excluding carboxylic acids is 4. The van der Waals surface area contributed by atoms with Gasteiger partial charge in [0.15, 0.2) is 0 Å². The second kappa shape index (κ2) is 8.33. The number of fused-ring (bicyclic) bond motifs is 1. The zero-order valence-corrected chi connectivity index (χ0v) is 17.3. The van der Waals surface area contributed by atoms with Crippen molar-refractivity contribution in [1.82, 2.24) is 15.8 Å². The Morgan fingerprint density at radius 2 is 1.90 bits per heavy atom. The van der Waals surface area contributed by atoms with Crippen LogP contribution in [0.25, 0.3) is 0 Å². The van der Waals surface area contributed by atoms with Gasteiger partial charge in [0.05, 0.1) is 0 Å². The second-order valence-electron chi connectivity index (χ2n) is 8.77. The largest absolute Gasteiger partial charge is 0.459 e. The van der Waals surface area contributed by atoms with E-state index in [1.54, 1.807) is 20.8 Å². The van der Waals surface area contributed by atoms with Crippen molar-refractivity contribution in [1.29, 1.82) is 0 Å². The average Bonchev–Trinajstić information content (AvgIpc) is 3.26. The van der Waals surface area contributed by atoms with E-state index in [1.807, 2.05) is 30.3 Å². The minimum absolute atomic E-state index is 0.0836. The summed E-state index contributed by atoms with van der Waals surface area (Å²) in [6, 6.07) is 8.14. The molecule has 2 aliphatic rings. The van der Waals surface area contributed by atoms with Crippen LogP contribution in [-0.4, -0.2) is 47.0 Å². The molecule has 0 bridgehead atoms. The molecule has 162 valence electrons. The molecule has 1 aromatic rings. The second-order valence-corrected chi connectivity index (χ2v) is 8.77. The van der Waals surface area contributed by atoms with Crippen LogP contribution < -0.4 is 10.9 Å². The fourth-order valence-corrected chi connectivity index (χ4v) is 3.97. The smallest absolute Gasteiger partial charge is 0.411 e. The molecule has 3 rings (SSSR count). The Labute approximate surface area is 175 Å². The van der Waals surface area contributed by atoms with Gasteiger partial charge in [0.1, 0.15) is 18.2 Å². The summed E-state index contributed by atoms with van der Waals surface area (Å²) in [5, 5.41) is 0. The summed E-state index contributed by atoms with van der Waals surface area (Å²) in [4.78, 5) is 49.6. The van der Waals surface area contributed by atoms with Crippen LogP contribution in [0.1, 0.15) is 45.6 Å². The van der Waals surface area contributed by atoms with Crippen molar-refractivity contribution in [2.24, 2.45) is 5.41 Å². The third-order valence-corrected chi connectivity index (χ3v) is 5.30. The first kappa shape index (κ1) is 21.6. The van der Waals surface area contributed by atoms with E-state index in [9.17, 15) is 19.2 Å². The van der Waals surface area contributed by atoms with E-state index in [2.05, 4.69) is 10.9 Å². The van der Waals surface area contributed by atoms with Gasteiger partial charge in [0, 0.05) is 17.9 Å². The highest BCUT2D eigenvalue weighted by Gasteiger charge is 2.68. The Balaban J connectivity index is 1.71. The zero-order valence-electron chi connectivity index (χ0n) is 17.3. The molecule has 9 heteroatoms. The number of benzene rings is 1. The highest BCUT2D eigenvalue weighted by Crippen LogP contribution is 2.62. The van der Waals surface area contributed by atoms with Crippen LogP contribution in [0.3, 0.4) is 0 Å². The Hall–Kier alpha value is -3.10. The van der Waals surface area contributed by atoms with Gasteiger partial charge in [-0.05, 0) is 39.2 Å². The lowest BCUT2D eigenvalue weighted by Crippen LogP contribution is -2.46. The normalized spacial score (nSPS) is 24.4. The van der Waals surface area contributed by atoms with Crippen molar-refractivity contribution in [3.05, 3.63) is 35.9 Å². The SMILES string of the molecule is CC(C)(C)OC(=O)N1C2C[C@]2(CC(=O)NNC=O)C[C@H]1C(=O)OCc1ccccc1. The van der Waals surface area contributed by atoms with Gasteiger partial charge in [0.25, 0.3) is 0 Å². The molecule has 0 spiro atoms. The van der Waals surface area contributed by atoms with Crippen LogP contribution in [0.4, 0.5) is 4.79 Å². The van der Waals surface area contributed by atoms with E-state index in [1.165, 1.54) is 4.90 Å². The highest BCUT2D eigenvalue weighted by atomic mass is 16.6. The number of likely N-dealkylation sites (tertiary alicyclic amines) is 1. The molecule has 1 saturated heterocycles. The first-order valence-electron chi connectivity index (χ1n) is 9.85. The summed E-state index contributed by atoms with van der Waals surface area (Å²) < 4.78 is 11.0. The predicted octanol–water partition coefficient (Wildman–Crippen LogP) is 1.67. The van der Waals surface area contributed by atoms with E-state index >= 15 is 0 Å². The molecule has 2 fully saturated rings. The zero-order chi connectivity index (χ0) is 21.9. The molecule has 1 unspecified atom stereocenters. The van der Waals surface area contributed by atoms with Gasteiger partial charge in [-0.3, -0.25) is 25.3 Å². The van der Waals surface area contributed by atoms with E-state index in [0.717, 1.165) is 5.56 Å². The predicted molar refractivity (Wildman–Crippen MR) is 106 cm³/mol. The van der Waals surface area contributed by atoms with Crippen molar-refractivity contribution >= 4 is 24.4 Å². The summed E-state index contributed by atoms with van der Waals surface area (Å²) in [5.74, 6) is -0.908. The number of amides is 3. The van der Waals surface area contributed by atoms with E-state index in [0.29, 0.717) is 19.3 Å². The standard InChI is InChI=1S/C21H27N3O6/c1-20(2,3)30-19(28)24-15(18(27)29-12-14-7-5-4-6-8-14)9-21(10-16(21)24)11-17(26)23-22-13-25/h4-8,13,15-16H,9-12H2,1-3H3,(H,22,25)(H,23,26)/t15-,16?,21-/m0/s1. The molecule has 1 aromatic carbocycles. The van der Waals surface area contributed by atoms with Crippen LogP contribution in [0.15, 0.2) is 30.3 Å². The molecule has 0 radical (unpaired) electrons. The van der Waals surface area contributed by atoms with Gasteiger partial charge in [-0.1, -0.05) is 30.3 Å². The minimum Gasteiger partial charge on any atom is -0.459 e. The topological polar surface area (TPSA) is 114 Å². The molecule has 2 N–H and O–H groups in total. The fraction of sp³-hybridized carbons (Fsp3) is 0.524.